The summed E-state index contributed by atoms with van der Waals surface area (Å²) < 4.78 is 14.2. The van der Waals surface area contributed by atoms with Gasteiger partial charge in [0, 0.05) is 0 Å². The van der Waals surface area contributed by atoms with E-state index in [1.165, 1.54) is 74.2 Å². The van der Waals surface area contributed by atoms with Crippen LogP contribution >= 0.6 is 0 Å². The second-order valence-corrected chi connectivity index (χ2v) is 35.8. The van der Waals surface area contributed by atoms with E-state index in [1.807, 2.05) is 0 Å². The van der Waals surface area contributed by atoms with E-state index in [1.54, 1.807) is 5.57 Å². The Hall–Kier alpha value is -0.249. The first kappa shape index (κ1) is 46.1. The number of rotatable bonds is 16. The molecule has 2 unspecified atom stereocenters. The number of fused-ring (bicyclic) bond motifs is 1. The van der Waals surface area contributed by atoms with Crippen molar-refractivity contribution in [1.82, 2.24) is 0 Å². The maximum Gasteiger partial charge on any atom is 0.192 e. The average molecular weight is 773 g/mol. The predicted molar refractivity (Wildman–Crippen MR) is 237 cm³/mol. The van der Waals surface area contributed by atoms with E-state index in [4.69, 9.17) is 15.4 Å². The molecular formula is C46H88O3Si3. The summed E-state index contributed by atoms with van der Waals surface area (Å²) in [5.41, 5.74) is 4.88. The summed E-state index contributed by atoms with van der Waals surface area (Å²) in [6.07, 6.45) is 17.3. The maximum absolute atomic E-state index is 11.3. The lowest BCUT2D eigenvalue weighted by molar-refractivity contribution is 0.0524. The molecule has 0 amide bonds. The summed E-state index contributed by atoms with van der Waals surface area (Å²) in [6, 6.07) is 3.69. The van der Waals surface area contributed by atoms with Crippen LogP contribution in [0.1, 0.15) is 154 Å². The summed E-state index contributed by atoms with van der Waals surface area (Å²) >= 11 is 0. The number of hydrogen-bond donors (Lipinski definition) is 1. The van der Waals surface area contributed by atoms with E-state index >= 15 is 0 Å². The lowest BCUT2D eigenvalue weighted by Gasteiger charge is -2.46. The standard InChI is InChI=1S/C46H88O3Si3/c1-19-52(20-2,21-3)49-44(10,11)30-28-34(4)35(5)40-26-27-41-38(23-22-29-46(40,41)14)25-24-37-31-39(33-45(12,13)50(15,16)47)36(6)42(32-37)48-51(17,18)43(7,8)9/h24-25,34-35,39-42,47H,6,19-23,26-33H2,1-5,7-18H3/b37-24+,38-25+/t34-,35+,39+,40?,41?,42-,46-/m1/s1. The van der Waals surface area contributed by atoms with Gasteiger partial charge in [0.05, 0.1) is 11.7 Å². The Kier molecular flexibility index (Phi) is 15.2. The van der Waals surface area contributed by atoms with Gasteiger partial charge in [-0.15, -0.1) is 0 Å². The fraction of sp³-hybridized carbons (Fsp3) is 0.870. The fourth-order valence-electron chi connectivity index (χ4n) is 10.2. The Morgan fingerprint density at radius 1 is 0.923 bits per heavy atom. The van der Waals surface area contributed by atoms with Crippen molar-refractivity contribution in [1.29, 1.82) is 0 Å². The highest BCUT2D eigenvalue weighted by Gasteiger charge is 2.52. The molecule has 7 atom stereocenters. The van der Waals surface area contributed by atoms with Gasteiger partial charge in [-0.2, -0.15) is 0 Å². The molecule has 3 saturated carbocycles. The van der Waals surface area contributed by atoms with Crippen molar-refractivity contribution in [2.24, 2.45) is 35.0 Å². The Labute approximate surface area is 328 Å². The Balaban J connectivity index is 1.82. The lowest BCUT2D eigenvalue weighted by Crippen LogP contribution is -2.46. The van der Waals surface area contributed by atoms with Crippen LogP contribution in [0.25, 0.3) is 0 Å². The lowest BCUT2D eigenvalue weighted by atomic mass is 9.59. The normalized spacial score (nSPS) is 29.8. The van der Waals surface area contributed by atoms with Gasteiger partial charge in [-0.3, -0.25) is 0 Å². The molecule has 3 rings (SSSR count). The highest BCUT2D eigenvalue weighted by atomic mass is 28.4. The molecule has 0 aromatic carbocycles. The van der Waals surface area contributed by atoms with E-state index in [9.17, 15) is 4.80 Å². The minimum absolute atomic E-state index is 0.0240. The maximum atomic E-state index is 11.3. The van der Waals surface area contributed by atoms with Crippen molar-refractivity contribution in [2.45, 2.75) is 220 Å². The molecule has 3 aliphatic rings. The van der Waals surface area contributed by atoms with Gasteiger partial charge in [0.1, 0.15) is 0 Å². The first-order valence-corrected chi connectivity index (χ1v) is 30.2. The highest BCUT2D eigenvalue weighted by molar-refractivity contribution is 6.74. The van der Waals surface area contributed by atoms with Crippen LogP contribution in [0.2, 0.25) is 54.4 Å². The predicted octanol–water partition coefficient (Wildman–Crippen LogP) is 14.6. The van der Waals surface area contributed by atoms with Crippen LogP contribution in [0.3, 0.4) is 0 Å². The van der Waals surface area contributed by atoms with E-state index in [2.05, 4.69) is 128 Å². The van der Waals surface area contributed by atoms with Crippen LogP contribution in [0.15, 0.2) is 35.5 Å². The molecule has 0 bridgehead atoms. The average Bonchev–Trinajstić information content (AvgIpc) is 3.39. The zero-order valence-corrected chi connectivity index (χ0v) is 40.8. The number of hydrogen-bond acceptors (Lipinski definition) is 3. The van der Waals surface area contributed by atoms with Crippen LogP contribution in [-0.4, -0.2) is 41.5 Å². The van der Waals surface area contributed by atoms with Gasteiger partial charge in [0.2, 0.25) is 0 Å². The van der Waals surface area contributed by atoms with Crippen LogP contribution < -0.4 is 0 Å². The van der Waals surface area contributed by atoms with Gasteiger partial charge < -0.3 is 13.6 Å². The Morgan fingerprint density at radius 3 is 2.06 bits per heavy atom. The minimum Gasteiger partial charge on any atom is -0.432 e. The molecule has 3 fully saturated rings. The van der Waals surface area contributed by atoms with Gasteiger partial charge >= 0.3 is 0 Å². The fourth-order valence-corrected chi connectivity index (χ4v) is 15.5. The molecule has 3 nitrogen and oxygen atoms in total. The Morgan fingerprint density at radius 2 is 1.52 bits per heavy atom. The second kappa shape index (κ2) is 17.1. The molecule has 302 valence electrons. The first-order chi connectivity index (χ1) is 23.7. The van der Waals surface area contributed by atoms with Crippen molar-refractivity contribution in [2.75, 3.05) is 0 Å². The molecule has 52 heavy (non-hydrogen) atoms. The third kappa shape index (κ3) is 10.6. The van der Waals surface area contributed by atoms with E-state index in [-0.39, 0.29) is 21.8 Å². The molecule has 0 spiro atoms. The Bertz CT molecular complexity index is 1210. The summed E-state index contributed by atoms with van der Waals surface area (Å²) in [4.78, 5) is 11.3. The van der Waals surface area contributed by atoms with E-state index in [0.29, 0.717) is 23.2 Å². The molecule has 0 heterocycles. The molecule has 3 aliphatic carbocycles. The van der Waals surface area contributed by atoms with Gasteiger partial charge in [-0.1, -0.05) is 106 Å². The summed E-state index contributed by atoms with van der Waals surface area (Å²) in [6.45, 7) is 44.9. The van der Waals surface area contributed by atoms with E-state index in [0.717, 1.165) is 31.1 Å². The minimum atomic E-state index is -2.35. The summed E-state index contributed by atoms with van der Waals surface area (Å²) in [5.74, 6) is 3.28. The monoisotopic (exact) mass is 773 g/mol. The summed E-state index contributed by atoms with van der Waals surface area (Å²) in [5, 5.41) is 0.0681. The third-order valence-electron chi connectivity index (χ3n) is 16.3. The number of allylic oxidation sites excluding steroid dienone is 3. The largest absolute Gasteiger partial charge is 0.432 e. The van der Waals surface area contributed by atoms with E-state index < -0.39 is 25.0 Å². The van der Waals surface area contributed by atoms with Gasteiger partial charge in [0.25, 0.3) is 0 Å². The molecule has 0 radical (unpaired) electrons. The van der Waals surface area contributed by atoms with Crippen LogP contribution in [0.4, 0.5) is 0 Å². The van der Waals surface area contributed by atoms with Crippen molar-refractivity contribution < 1.29 is 13.6 Å². The zero-order chi connectivity index (χ0) is 39.7. The van der Waals surface area contributed by atoms with Gasteiger partial charge in [-0.05, 0) is 173 Å². The SMILES string of the molecule is C=C1[C@H](CC(C)(C)[Si](C)(C)O)C/C(=C\C=C2/CCC[C@@]3(C)C2CCC3[C@@H](C)[C@H](C)CCC(C)(C)O[Si](CC)(CC)CC)C[C@H]1O[Si](C)(C)C(C)(C)C. The molecule has 1 N–H and O–H groups in total. The van der Waals surface area contributed by atoms with Crippen LogP contribution in [0.5, 0.6) is 0 Å². The molecular weight excluding hydrogens is 685 g/mol. The molecule has 0 aromatic rings. The second-order valence-electron chi connectivity index (χ2n) is 21.8. The molecule has 0 saturated heterocycles. The van der Waals surface area contributed by atoms with Crippen LogP contribution in [-0.2, 0) is 8.85 Å². The van der Waals surface area contributed by atoms with Crippen molar-refractivity contribution in [3.63, 3.8) is 0 Å². The summed E-state index contributed by atoms with van der Waals surface area (Å²) in [7, 11) is -5.95. The van der Waals surface area contributed by atoms with Crippen LogP contribution in [0, 0.1) is 35.0 Å². The van der Waals surface area contributed by atoms with Crippen molar-refractivity contribution in [3.8, 4) is 0 Å². The molecule has 6 heteroatoms. The topological polar surface area (TPSA) is 38.7 Å². The smallest absolute Gasteiger partial charge is 0.192 e. The quantitative estimate of drug-likeness (QED) is 0.125. The van der Waals surface area contributed by atoms with Crippen molar-refractivity contribution >= 4 is 25.0 Å². The van der Waals surface area contributed by atoms with Crippen molar-refractivity contribution in [3.05, 3.63) is 35.5 Å². The first-order valence-electron chi connectivity index (χ1n) is 21.9. The van der Waals surface area contributed by atoms with Gasteiger partial charge in [0.15, 0.2) is 25.0 Å². The zero-order valence-electron chi connectivity index (χ0n) is 37.8. The third-order valence-corrected chi connectivity index (χ3v) is 29.1. The van der Waals surface area contributed by atoms with Gasteiger partial charge in [-0.25, -0.2) is 0 Å². The molecule has 0 aromatic heterocycles. The molecule has 0 aliphatic heterocycles. The highest BCUT2D eigenvalue weighted by Crippen LogP contribution is 2.60.